The van der Waals surface area contributed by atoms with E-state index in [-0.39, 0.29) is 29.3 Å². The first-order valence-electron chi connectivity index (χ1n) is 18.7. The summed E-state index contributed by atoms with van der Waals surface area (Å²) in [5.74, 6) is -1.18. The van der Waals surface area contributed by atoms with Crippen LogP contribution in [-0.2, 0) is 14.3 Å². The van der Waals surface area contributed by atoms with Crippen molar-refractivity contribution in [2.45, 2.75) is 90.4 Å². The molecule has 1 aliphatic carbocycles. The van der Waals surface area contributed by atoms with Gasteiger partial charge >= 0.3 is 6.09 Å². The lowest BCUT2D eigenvalue weighted by atomic mass is 9.98. The van der Waals surface area contributed by atoms with E-state index in [1.54, 1.807) is 22.8 Å². The summed E-state index contributed by atoms with van der Waals surface area (Å²) in [6, 6.07) is 27.1. The van der Waals surface area contributed by atoms with Gasteiger partial charge in [-0.15, -0.1) is 0 Å². The van der Waals surface area contributed by atoms with Gasteiger partial charge in [0.1, 0.15) is 11.5 Å². The van der Waals surface area contributed by atoms with Gasteiger partial charge in [0.15, 0.2) is 11.9 Å². The molecule has 1 N–H and O–H groups in total. The SMILES string of the molecule is CCCCC(Oc1ccc(C)cc1C)C(=O)Nc1ccc(OC2CCCCC2)c(N2C(=O)OC(C(=O)c3nc4ccccc4n3-c3ccccc3)C2=O)c1. The highest BCUT2D eigenvalue weighted by molar-refractivity contribution is 6.28. The summed E-state index contributed by atoms with van der Waals surface area (Å²) in [5.41, 5.74) is 4.26. The fraction of sp³-hybridized carbons (Fsp3) is 0.326. The number of anilines is 2. The first-order valence-corrected chi connectivity index (χ1v) is 18.7. The minimum atomic E-state index is -1.79. The Morgan fingerprint density at radius 2 is 1.65 bits per heavy atom. The summed E-state index contributed by atoms with van der Waals surface area (Å²) in [6.07, 6.45) is 3.13. The summed E-state index contributed by atoms with van der Waals surface area (Å²) < 4.78 is 19.9. The zero-order valence-electron chi connectivity index (χ0n) is 30.7. The Labute approximate surface area is 314 Å². The predicted octanol–water partition coefficient (Wildman–Crippen LogP) is 8.66. The first-order chi connectivity index (χ1) is 26.2. The monoisotopic (exact) mass is 728 g/mol. The number of amides is 3. The number of nitrogens with zero attached hydrogens (tertiary/aromatic N) is 3. The van der Waals surface area contributed by atoms with Crippen molar-refractivity contribution in [1.82, 2.24) is 9.55 Å². The Hall–Kier alpha value is -5.97. The summed E-state index contributed by atoms with van der Waals surface area (Å²) in [4.78, 5) is 61.3. The maximum atomic E-state index is 14.2. The topological polar surface area (TPSA) is 129 Å². The normalized spacial score (nSPS) is 16.6. The molecule has 2 unspecified atom stereocenters. The maximum Gasteiger partial charge on any atom is 0.422 e. The number of unbranched alkanes of at least 4 members (excludes halogenated alkanes) is 1. The molecule has 3 amide bonds. The van der Waals surface area contributed by atoms with Gasteiger partial charge in [0.2, 0.25) is 11.9 Å². The molecule has 0 radical (unpaired) electrons. The lowest BCUT2D eigenvalue weighted by Gasteiger charge is -2.26. The number of ether oxygens (including phenoxy) is 3. The average molecular weight is 729 g/mol. The predicted molar refractivity (Wildman–Crippen MR) is 206 cm³/mol. The summed E-state index contributed by atoms with van der Waals surface area (Å²) >= 11 is 0. The Balaban J connectivity index is 1.20. The molecule has 11 heteroatoms. The van der Waals surface area contributed by atoms with E-state index in [4.69, 9.17) is 14.2 Å². The molecule has 278 valence electrons. The Bertz CT molecular complexity index is 2190. The number of hydrogen-bond donors (Lipinski definition) is 1. The maximum absolute atomic E-state index is 14.2. The van der Waals surface area contributed by atoms with Crippen LogP contribution in [0.5, 0.6) is 11.5 Å². The van der Waals surface area contributed by atoms with E-state index < -0.39 is 30.0 Å². The van der Waals surface area contributed by atoms with Crippen molar-refractivity contribution in [3.8, 4) is 17.2 Å². The van der Waals surface area contributed by atoms with Crippen LogP contribution in [0.15, 0.2) is 91.0 Å². The molecule has 11 nitrogen and oxygen atoms in total. The average Bonchev–Trinajstić information content (AvgIpc) is 3.71. The number of ketones is 1. The second kappa shape index (κ2) is 16.0. The van der Waals surface area contributed by atoms with Gasteiger partial charge in [0.25, 0.3) is 11.8 Å². The van der Waals surface area contributed by atoms with Crippen LogP contribution in [0.1, 0.15) is 80.0 Å². The van der Waals surface area contributed by atoms with Crippen LogP contribution in [0.4, 0.5) is 16.2 Å². The van der Waals surface area contributed by atoms with E-state index in [9.17, 15) is 19.2 Å². The van der Waals surface area contributed by atoms with Crippen LogP contribution in [0.2, 0.25) is 0 Å². The molecule has 4 aromatic carbocycles. The van der Waals surface area contributed by atoms with Crippen molar-refractivity contribution in [3.63, 3.8) is 0 Å². The molecule has 1 aromatic heterocycles. The van der Waals surface area contributed by atoms with Gasteiger partial charge in [-0.2, -0.15) is 0 Å². The van der Waals surface area contributed by atoms with E-state index in [1.807, 2.05) is 87.5 Å². The van der Waals surface area contributed by atoms with Gasteiger partial charge in [-0.25, -0.2) is 14.7 Å². The summed E-state index contributed by atoms with van der Waals surface area (Å²) in [6.45, 7) is 5.98. The third-order valence-corrected chi connectivity index (χ3v) is 9.90. The fourth-order valence-corrected chi connectivity index (χ4v) is 7.11. The fourth-order valence-electron chi connectivity index (χ4n) is 7.11. The highest BCUT2D eigenvalue weighted by Crippen LogP contribution is 2.38. The lowest BCUT2D eigenvalue weighted by Crippen LogP contribution is -2.36. The third-order valence-electron chi connectivity index (χ3n) is 9.90. The van der Waals surface area contributed by atoms with Crippen LogP contribution >= 0.6 is 0 Å². The second-order valence-corrected chi connectivity index (χ2v) is 14.0. The van der Waals surface area contributed by atoms with Crippen molar-refractivity contribution in [2.24, 2.45) is 0 Å². The number of carbonyl (C=O) groups is 4. The van der Waals surface area contributed by atoms with Crippen molar-refractivity contribution in [1.29, 1.82) is 0 Å². The number of hydrogen-bond acceptors (Lipinski definition) is 8. The molecule has 2 atom stereocenters. The molecule has 1 saturated heterocycles. The third kappa shape index (κ3) is 7.57. The number of fused-ring (bicyclic) bond motifs is 1. The van der Waals surface area contributed by atoms with E-state index in [2.05, 4.69) is 10.3 Å². The number of aromatic nitrogens is 2. The molecular formula is C43H44N4O7. The van der Waals surface area contributed by atoms with Crippen molar-refractivity contribution in [3.05, 3.63) is 108 Å². The molecule has 0 bridgehead atoms. The van der Waals surface area contributed by atoms with Gasteiger partial charge in [-0.05, 0) is 106 Å². The smallest absolute Gasteiger partial charge is 0.422 e. The first kappa shape index (κ1) is 36.4. The summed E-state index contributed by atoms with van der Waals surface area (Å²) in [7, 11) is 0. The molecule has 0 spiro atoms. The largest absolute Gasteiger partial charge is 0.488 e. The van der Waals surface area contributed by atoms with Gasteiger partial charge in [0.05, 0.1) is 22.8 Å². The number of imidazole rings is 1. The van der Waals surface area contributed by atoms with Crippen LogP contribution in [-0.4, -0.2) is 51.6 Å². The van der Waals surface area contributed by atoms with Crippen molar-refractivity contribution >= 4 is 46.1 Å². The second-order valence-electron chi connectivity index (χ2n) is 14.0. The molecule has 2 aliphatic rings. The van der Waals surface area contributed by atoms with Gasteiger partial charge in [-0.1, -0.05) is 67.8 Å². The molecule has 2 fully saturated rings. The number of para-hydroxylation sites is 3. The van der Waals surface area contributed by atoms with Gasteiger partial charge < -0.3 is 19.5 Å². The van der Waals surface area contributed by atoms with Crippen LogP contribution < -0.4 is 19.7 Å². The highest BCUT2D eigenvalue weighted by atomic mass is 16.6. The van der Waals surface area contributed by atoms with Crippen molar-refractivity contribution < 1.29 is 33.4 Å². The summed E-state index contributed by atoms with van der Waals surface area (Å²) in [5, 5.41) is 2.94. The Kier molecular flexibility index (Phi) is 10.8. The minimum absolute atomic E-state index is 0.0444. The number of imide groups is 1. The molecule has 54 heavy (non-hydrogen) atoms. The molecule has 5 aromatic rings. The number of nitrogens with one attached hydrogen (secondary N) is 1. The lowest BCUT2D eigenvalue weighted by molar-refractivity contribution is -0.123. The van der Waals surface area contributed by atoms with E-state index in [1.165, 1.54) is 6.07 Å². The zero-order valence-corrected chi connectivity index (χ0v) is 30.7. The van der Waals surface area contributed by atoms with Crippen LogP contribution in [0.3, 0.4) is 0 Å². The molecule has 1 saturated carbocycles. The van der Waals surface area contributed by atoms with E-state index in [0.29, 0.717) is 34.6 Å². The van der Waals surface area contributed by atoms with Crippen LogP contribution in [0, 0.1) is 13.8 Å². The Morgan fingerprint density at radius 1 is 0.907 bits per heavy atom. The molecule has 1 aliphatic heterocycles. The molecular weight excluding hydrogens is 684 g/mol. The molecule has 2 heterocycles. The highest BCUT2D eigenvalue weighted by Gasteiger charge is 2.48. The molecule has 7 rings (SSSR count). The minimum Gasteiger partial charge on any atom is -0.488 e. The standard InChI is InChI=1S/C43H44N4O7/c1-4-5-20-37(53-35-23-21-27(2)25-28(35)3)41(49)44-29-22-24-36(52-31-16-10-7-11-17-31)34(26-29)47-42(50)39(54-43(47)51)38(48)40-45-32-18-12-13-19-33(32)46(40)30-14-8-6-9-15-30/h6,8-9,12-15,18-19,21-26,31,37,39H,4-5,7,10-11,16-17,20H2,1-3H3,(H,44,49). The van der Waals surface area contributed by atoms with Gasteiger partial charge in [0, 0.05) is 11.4 Å². The van der Waals surface area contributed by atoms with Crippen molar-refractivity contribution in [2.75, 3.05) is 10.2 Å². The number of carbonyl (C=O) groups excluding carboxylic acids is 4. The number of benzene rings is 4. The van der Waals surface area contributed by atoms with Crippen LogP contribution in [0.25, 0.3) is 16.7 Å². The number of aryl methyl sites for hydroxylation is 2. The Morgan fingerprint density at radius 3 is 2.41 bits per heavy atom. The van der Waals surface area contributed by atoms with E-state index in [0.717, 1.165) is 61.0 Å². The number of Topliss-reactive ketones (excluding diaryl/α,β-unsaturated/α-hetero) is 1. The number of rotatable bonds is 13. The van der Waals surface area contributed by atoms with Gasteiger partial charge in [-0.3, -0.25) is 19.0 Å². The zero-order chi connectivity index (χ0) is 37.8. The quantitative estimate of drug-likeness (QED) is 0.0942. The van der Waals surface area contributed by atoms with E-state index >= 15 is 0 Å². The number of cyclic esters (lactones) is 1.